The average molecular weight is 425 g/mol. The number of ether oxygens (including phenoxy) is 1. The van der Waals surface area contributed by atoms with Crippen LogP contribution < -0.4 is 10.1 Å². The van der Waals surface area contributed by atoms with E-state index in [4.69, 9.17) is 4.74 Å². The van der Waals surface area contributed by atoms with Crippen molar-refractivity contribution in [1.29, 1.82) is 0 Å². The van der Waals surface area contributed by atoms with Crippen LogP contribution in [0.3, 0.4) is 0 Å². The minimum Gasteiger partial charge on any atom is -0.497 e. The highest BCUT2D eigenvalue weighted by molar-refractivity contribution is 8.00. The van der Waals surface area contributed by atoms with Crippen molar-refractivity contribution < 1.29 is 9.53 Å². The van der Waals surface area contributed by atoms with Crippen molar-refractivity contribution in [3.8, 4) is 22.8 Å². The van der Waals surface area contributed by atoms with Gasteiger partial charge in [0.25, 0.3) is 0 Å². The van der Waals surface area contributed by atoms with Crippen molar-refractivity contribution >= 4 is 17.7 Å². The van der Waals surface area contributed by atoms with Crippen LogP contribution >= 0.6 is 11.8 Å². The van der Waals surface area contributed by atoms with E-state index in [0.29, 0.717) is 17.6 Å². The smallest absolute Gasteiger partial charge is 0.233 e. The Bertz CT molecular complexity index is 999. The molecule has 3 aromatic rings. The highest BCUT2D eigenvalue weighted by Crippen LogP contribution is 2.34. The maximum Gasteiger partial charge on any atom is 0.233 e. The van der Waals surface area contributed by atoms with Gasteiger partial charge in [0, 0.05) is 12.1 Å². The van der Waals surface area contributed by atoms with Gasteiger partial charge in [0.2, 0.25) is 5.91 Å². The Morgan fingerprint density at radius 3 is 2.43 bits per heavy atom. The van der Waals surface area contributed by atoms with E-state index in [9.17, 15) is 4.79 Å². The van der Waals surface area contributed by atoms with E-state index >= 15 is 0 Å². The van der Waals surface area contributed by atoms with Gasteiger partial charge in [-0.2, -0.15) is 0 Å². The second kappa shape index (κ2) is 9.80. The standard InChI is InChI=1S/C23H28N4O2S/c1-6-24-22(28)16(4)30-23-26-25-21(17-11-13-18(29-5)14-12-17)27(23)20-10-8-7-9-19(20)15(2)3/h7-16H,6H2,1-5H3,(H,24,28). The fourth-order valence-corrected chi connectivity index (χ4v) is 4.08. The molecule has 6 nitrogen and oxygen atoms in total. The van der Waals surface area contributed by atoms with Crippen molar-refractivity contribution in [2.75, 3.05) is 13.7 Å². The van der Waals surface area contributed by atoms with Crippen LogP contribution in [0.25, 0.3) is 17.1 Å². The minimum atomic E-state index is -0.289. The number of aromatic nitrogens is 3. The summed E-state index contributed by atoms with van der Waals surface area (Å²) in [5, 5.41) is 12.2. The molecule has 0 saturated carbocycles. The number of rotatable bonds is 8. The molecule has 1 atom stereocenters. The Labute approximate surface area is 182 Å². The molecule has 1 heterocycles. The van der Waals surface area contributed by atoms with Gasteiger partial charge >= 0.3 is 0 Å². The van der Waals surface area contributed by atoms with E-state index in [1.165, 1.54) is 17.3 Å². The quantitative estimate of drug-likeness (QED) is 0.532. The summed E-state index contributed by atoms with van der Waals surface area (Å²) in [6.07, 6.45) is 0. The van der Waals surface area contributed by atoms with Gasteiger partial charge in [-0.1, -0.05) is 43.8 Å². The molecule has 2 aromatic carbocycles. The van der Waals surface area contributed by atoms with Crippen molar-refractivity contribution in [3.63, 3.8) is 0 Å². The average Bonchev–Trinajstić information content (AvgIpc) is 3.17. The summed E-state index contributed by atoms with van der Waals surface area (Å²) < 4.78 is 7.34. The monoisotopic (exact) mass is 424 g/mol. The zero-order chi connectivity index (χ0) is 21.7. The van der Waals surface area contributed by atoms with Gasteiger partial charge in [-0.05, 0) is 55.7 Å². The molecule has 1 amide bonds. The molecule has 1 N–H and O–H groups in total. The molecule has 0 fully saturated rings. The van der Waals surface area contributed by atoms with Crippen molar-refractivity contribution in [1.82, 2.24) is 20.1 Å². The van der Waals surface area contributed by atoms with E-state index in [1.807, 2.05) is 50.2 Å². The van der Waals surface area contributed by atoms with Crippen LogP contribution in [0.15, 0.2) is 53.7 Å². The third-order valence-corrected chi connectivity index (χ3v) is 5.83. The first-order valence-electron chi connectivity index (χ1n) is 10.1. The Morgan fingerprint density at radius 2 is 1.80 bits per heavy atom. The number of carbonyl (C=O) groups is 1. The molecule has 0 bridgehead atoms. The number of nitrogens with zero attached hydrogens (tertiary/aromatic N) is 3. The van der Waals surface area contributed by atoms with Crippen molar-refractivity contribution in [3.05, 3.63) is 54.1 Å². The number of nitrogens with one attached hydrogen (secondary N) is 1. The third-order valence-electron chi connectivity index (χ3n) is 4.78. The SMILES string of the molecule is CCNC(=O)C(C)Sc1nnc(-c2ccc(OC)cc2)n1-c1ccccc1C(C)C. The Hall–Kier alpha value is -2.80. The summed E-state index contributed by atoms with van der Waals surface area (Å²) in [4.78, 5) is 12.3. The fourth-order valence-electron chi connectivity index (χ4n) is 3.20. The maximum absolute atomic E-state index is 12.3. The van der Waals surface area contributed by atoms with Gasteiger partial charge < -0.3 is 10.1 Å². The van der Waals surface area contributed by atoms with Crippen LogP contribution in [-0.2, 0) is 4.79 Å². The predicted molar refractivity (Wildman–Crippen MR) is 121 cm³/mol. The van der Waals surface area contributed by atoms with E-state index in [2.05, 4.69) is 46.1 Å². The van der Waals surface area contributed by atoms with Crippen LogP contribution in [0.5, 0.6) is 5.75 Å². The molecule has 1 aromatic heterocycles. The van der Waals surface area contributed by atoms with E-state index in [0.717, 1.165) is 22.8 Å². The van der Waals surface area contributed by atoms with E-state index in [1.54, 1.807) is 7.11 Å². The summed E-state index contributed by atoms with van der Waals surface area (Å²) in [6, 6.07) is 16.0. The van der Waals surface area contributed by atoms with Gasteiger partial charge in [0.1, 0.15) is 5.75 Å². The first-order valence-corrected chi connectivity index (χ1v) is 11.0. The predicted octanol–water partition coefficient (Wildman–Crippen LogP) is 4.68. The number of thioether (sulfide) groups is 1. The number of amides is 1. The number of hydrogen-bond donors (Lipinski definition) is 1. The molecule has 0 aliphatic rings. The van der Waals surface area contributed by atoms with Crippen molar-refractivity contribution in [2.24, 2.45) is 0 Å². The lowest BCUT2D eigenvalue weighted by Crippen LogP contribution is -2.30. The summed E-state index contributed by atoms with van der Waals surface area (Å²) >= 11 is 1.41. The summed E-state index contributed by atoms with van der Waals surface area (Å²) in [5.41, 5.74) is 3.15. The van der Waals surface area contributed by atoms with E-state index in [-0.39, 0.29) is 11.2 Å². The molecule has 0 saturated heterocycles. The Morgan fingerprint density at radius 1 is 1.10 bits per heavy atom. The molecule has 0 aliphatic carbocycles. The van der Waals surface area contributed by atoms with Gasteiger partial charge in [0.15, 0.2) is 11.0 Å². The second-order valence-corrected chi connectivity index (χ2v) is 8.55. The zero-order valence-corrected chi connectivity index (χ0v) is 18.9. The largest absolute Gasteiger partial charge is 0.497 e. The first kappa shape index (κ1) is 21.9. The van der Waals surface area contributed by atoms with Gasteiger partial charge in [-0.15, -0.1) is 10.2 Å². The minimum absolute atomic E-state index is 0.0137. The lowest BCUT2D eigenvalue weighted by atomic mass is 10.0. The molecule has 0 spiro atoms. The number of benzene rings is 2. The van der Waals surface area contributed by atoms with Crippen LogP contribution in [0, 0.1) is 0 Å². The Kier molecular flexibility index (Phi) is 7.15. The molecule has 0 aliphatic heterocycles. The third kappa shape index (κ3) is 4.67. The van der Waals surface area contributed by atoms with Gasteiger partial charge in [-0.3, -0.25) is 9.36 Å². The van der Waals surface area contributed by atoms with Gasteiger partial charge in [0.05, 0.1) is 18.0 Å². The fraction of sp³-hybridized carbons (Fsp3) is 0.348. The Balaban J connectivity index is 2.12. The molecule has 3 rings (SSSR count). The molecular weight excluding hydrogens is 396 g/mol. The molecule has 1 unspecified atom stereocenters. The van der Waals surface area contributed by atoms with Crippen LogP contribution in [0.1, 0.15) is 39.2 Å². The topological polar surface area (TPSA) is 69.0 Å². The highest BCUT2D eigenvalue weighted by atomic mass is 32.2. The highest BCUT2D eigenvalue weighted by Gasteiger charge is 2.23. The van der Waals surface area contributed by atoms with Crippen LogP contribution in [0.2, 0.25) is 0 Å². The second-order valence-electron chi connectivity index (χ2n) is 7.24. The summed E-state index contributed by atoms with van der Waals surface area (Å²) in [6.45, 7) is 8.74. The maximum atomic E-state index is 12.3. The van der Waals surface area contributed by atoms with Crippen LogP contribution in [-0.4, -0.2) is 39.6 Å². The molecule has 7 heteroatoms. The van der Waals surface area contributed by atoms with E-state index < -0.39 is 0 Å². The lowest BCUT2D eigenvalue weighted by Gasteiger charge is -2.18. The van der Waals surface area contributed by atoms with Crippen molar-refractivity contribution in [2.45, 2.75) is 44.0 Å². The molecular formula is C23H28N4O2S. The molecule has 30 heavy (non-hydrogen) atoms. The number of carbonyl (C=O) groups excluding carboxylic acids is 1. The normalized spacial score (nSPS) is 12.1. The number of methoxy groups -OCH3 is 1. The first-order chi connectivity index (χ1) is 14.5. The summed E-state index contributed by atoms with van der Waals surface area (Å²) in [5.74, 6) is 1.83. The lowest BCUT2D eigenvalue weighted by molar-refractivity contribution is -0.120. The van der Waals surface area contributed by atoms with Crippen LogP contribution in [0.4, 0.5) is 0 Å². The number of para-hydroxylation sites is 1. The molecule has 158 valence electrons. The summed E-state index contributed by atoms with van der Waals surface area (Å²) in [7, 11) is 1.65. The number of hydrogen-bond acceptors (Lipinski definition) is 5. The zero-order valence-electron chi connectivity index (χ0n) is 18.0. The van der Waals surface area contributed by atoms with Gasteiger partial charge in [-0.25, -0.2) is 0 Å². The molecule has 0 radical (unpaired) electrons.